The number of rotatable bonds is 4. The van der Waals surface area contributed by atoms with E-state index in [-0.39, 0.29) is 29.1 Å². The van der Waals surface area contributed by atoms with E-state index in [1.807, 2.05) is 12.1 Å². The van der Waals surface area contributed by atoms with Crippen LogP contribution in [0.15, 0.2) is 22.8 Å². The van der Waals surface area contributed by atoms with E-state index in [9.17, 15) is 4.79 Å². The summed E-state index contributed by atoms with van der Waals surface area (Å²) in [5.74, 6) is 1.15. The van der Waals surface area contributed by atoms with Gasteiger partial charge in [-0.25, -0.2) is 0 Å². The summed E-state index contributed by atoms with van der Waals surface area (Å²) in [5, 5.41) is 6.45. The number of carbonyl (C=O) groups excluding carboxylic acids is 1. The molecule has 1 aliphatic carbocycles. The highest BCUT2D eigenvalue weighted by Crippen LogP contribution is 2.68. The molecule has 1 aromatic heterocycles. The number of nitrogens with one attached hydrogen (secondary N) is 2. The molecule has 2 fully saturated rings. The maximum Gasteiger partial charge on any atom is 0.226 e. The van der Waals surface area contributed by atoms with E-state index >= 15 is 0 Å². The Balaban J connectivity index is 0.00000147. The van der Waals surface area contributed by atoms with Gasteiger partial charge < -0.3 is 15.1 Å². The Bertz CT molecular complexity index is 454. The van der Waals surface area contributed by atoms with E-state index in [1.165, 1.54) is 0 Å². The Morgan fingerprint density at radius 3 is 2.85 bits per heavy atom. The van der Waals surface area contributed by atoms with Crippen molar-refractivity contribution in [2.75, 3.05) is 19.6 Å². The maximum atomic E-state index is 12.4. The summed E-state index contributed by atoms with van der Waals surface area (Å²) in [6.07, 6.45) is 5.76. The minimum atomic E-state index is -0.141. The van der Waals surface area contributed by atoms with Gasteiger partial charge >= 0.3 is 0 Å². The number of furan rings is 1. The average Bonchev–Trinajstić information content (AvgIpc) is 2.82. The summed E-state index contributed by atoms with van der Waals surface area (Å²) in [7, 11) is 0. The summed E-state index contributed by atoms with van der Waals surface area (Å²) in [6, 6.07) is 3.82. The van der Waals surface area contributed by atoms with Crippen LogP contribution in [0.4, 0.5) is 0 Å². The first-order valence-electron chi connectivity index (χ1n) is 7.18. The summed E-state index contributed by atoms with van der Waals surface area (Å²) in [4.78, 5) is 12.4. The third kappa shape index (κ3) is 2.59. The largest absolute Gasteiger partial charge is 0.469 e. The zero-order valence-corrected chi connectivity index (χ0v) is 12.7. The topological polar surface area (TPSA) is 54.3 Å². The number of amides is 1. The molecule has 1 aliphatic heterocycles. The van der Waals surface area contributed by atoms with E-state index < -0.39 is 0 Å². The second-order valence-electron chi connectivity index (χ2n) is 6.12. The molecule has 1 spiro atoms. The van der Waals surface area contributed by atoms with Gasteiger partial charge in [0.15, 0.2) is 0 Å². The summed E-state index contributed by atoms with van der Waals surface area (Å²) in [5.41, 5.74) is 0.130. The van der Waals surface area contributed by atoms with Crippen molar-refractivity contribution < 1.29 is 9.21 Å². The second-order valence-corrected chi connectivity index (χ2v) is 6.12. The molecule has 3 rings (SSSR count). The molecule has 0 radical (unpaired) electrons. The highest BCUT2D eigenvalue weighted by molar-refractivity contribution is 5.86. The number of halogens is 1. The molecule has 1 atom stereocenters. The van der Waals surface area contributed by atoms with Gasteiger partial charge in [-0.3, -0.25) is 4.79 Å². The highest BCUT2D eigenvalue weighted by atomic mass is 35.5. The van der Waals surface area contributed by atoms with Crippen molar-refractivity contribution in [3.05, 3.63) is 24.2 Å². The third-order valence-corrected chi connectivity index (χ3v) is 5.04. The Morgan fingerprint density at radius 1 is 1.45 bits per heavy atom. The molecule has 2 aliphatic rings. The lowest BCUT2D eigenvalue weighted by Crippen LogP contribution is -2.39. The first kappa shape index (κ1) is 15.4. The maximum absolute atomic E-state index is 12.4. The molecule has 1 aromatic rings. The SMILES string of the molecule is CC1(C(=O)NCCc2ccco2)CC12CCNCC2.Cl. The van der Waals surface area contributed by atoms with Crippen molar-refractivity contribution in [1.29, 1.82) is 0 Å². The van der Waals surface area contributed by atoms with Crippen LogP contribution in [-0.4, -0.2) is 25.5 Å². The number of hydrogen-bond acceptors (Lipinski definition) is 3. The van der Waals surface area contributed by atoms with Crippen molar-refractivity contribution in [3.63, 3.8) is 0 Å². The predicted octanol–water partition coefficient (Wildman–Crippen LogP) is 2.14. The van der Waals surface area contributed by atoms with Crippen LogP contribution in [0.25, 0.3) is 0 Å². The lowest BCUT2D eigenvalue weighted by Gasteiger charge is -2.27. The van der Waals surface area contributed by atoms with Crippen molar-refractivity contribution in [2.45, 2.75) is 32.6 Å². The van der Waals surface area contributed by atoms with Gasteiger partial charge in [0, 0.05) is 13.0 Å². The molecule has 1 saturated heterocycles. The molecule has 112 valence electrons. The van der Waals surface area contributed by atoms with Crippen molar-refractivity contribution >= 4 is 18.3 Å². The number of hydrogen-bond donors (Lipinski definition) is 2. The fraction of sp³-hybridized carbons (Fsp3) is 0.667. The molecule has 2 N–H and O–H groups in total. The molecule has 1 unspecified atom stereocenters. The Kier molecular flexibility index (Phi) is 4.45. The molecule has 2 heterocycles. The van der Waals surface area contributed by atoms with Crippen LogP contribution < -0.4 is 10.6 Å². The van der Waals surface area contributed by atoms with Gasteiger partial charge in [0.2, 0.25) is 5.91 Å². The average molecular weight is 299 g/mol. The Labute approximate surface area is 126 Å². The van der Waals surface area contributed by atoms with E-state index in [4.69, 9.17) is 4.42 Å². The number of piperidine rings is 1. The standard InChI is InChI=1S/C15H22N2O2.ClH/c1-14(11-15(14)5-8-16-9-6-15)13(18)17-7-4-12-3-2-10-19-12;/h2-3,10,16H,4-9,11H2,1H3,(H,17,18);1H. The first-order valence-corrected chi connectivity index (χ1v) is 7.18. The molecule has 1 amide bonds. The fourth-order valence-electron chi connectivity index (χ4n) is 3.54. The van der Waals surface area contributed by atoms with Gasteiger partial charge in [-0.1, -0.05) is 6.92 Å². The van der Waals surface area contributed by atoms with Crippen LogP contribution in [0.1, 0.15) is 31.9 Å². The van der Waals surface area contributed by atoms with Crippen LogP contribution in [-0.2, 0) is 11.2 Å². The van der Waals surface area contributed by atoms with Gasteiger partial charge in [0.25, 0.3) is 0 Å². The smallest absolute Gasteiger partial charge is 0.226 e. The van der Waals surface area contributed by atoms with Crippen molar-refractivity contribution in [1.82, 2.24) is 10.6 Å². The third-order valence-electron chi connectivity index (χ3n) is 5.04. The minimum absolute atomic E-state index is 0. The van der Waals surface area contributed by atoms with Crippen LogP contribution in [0, 0.1) is 10.8 Å². The molecular formula is C15H23ClN2O2. The Hall–Kier alpha value is -1.00. The minimum Gasteiger partial charge on any atom is -0.469 e. The molecule has 0 bridgehead atoms. The predicted molar refractivity (Wildman–Crippen MR) is 79.9 cm³/mol. The molecule has 1 saturated carbocycles. The van der Waals surface area contributed by atoms with Crippen LogP contribution in [0.3, 0.4) is 0 Å². The summed E-state index contributed by atoms with van der Waals surface area (Å²) in [6.45, 7) is 4.89. The molecule has 4 nitrogen and oxygen atoms in total. The van der Waals surface area contributed by atoms with Crippen molar-refractivity contribution in [2.24, 2.45) is 10.8 Å². The lowest BCUT2D eigenvalue weighted by molar-refractivity contribution is -0.127. The quantitative estimate of drug-likeness (QED) is 0.895. The Morgan fingerprint density at radius 2 is 2.20 bits per heavy atom. The van der Waals surface area contributed by atoms with Gasteiger partial charge in [0.05, 0.1) is 11.7 Å². The zero-order valence-electron chi connectivity index (χ0n) is 11.9. The van der Waals surface area contributed by atoms with Crippen LogP contribution in [0.2, 0.25) is 0 Å². The van der Waals surface area contributed by atoms with E-state index in [0.717, 1.165) is 44.5 Å². The molecular weight excluding hydrogens is 276 g/mol. The highest BCUT2D eigenvalue weighted by Gasteiger charge is 2.67. The van der Waals surface area contributed by atoms with Crippen LogP contribution >= 0.6 is 12.4 Å². The number of carbonyl (C=O) groups is 1. The van der Waals surface area contributed by atoms with Crippen molar-refractivity contribution in [3.8, 4) is 0 Å². The fourth-order valence-corrected chi connectivity index (χ4v) is 3.54. The van der Waals surface area contributed by atoms with Gasteiger partial charge in [-0.15, -0.1) is 12.4 Å². The zero-order chi connectivity index (χ0) is 13.3. The van der Waals surface area contributed by atoms with E-state index in [0.29, 0.717) is 6.54 Å². The van der Waals surface area contributed by atoms with Gasteiger partial charge in [-0.05, 0) is 49.9 Å². The summed E-state index contributed by atoms with van der Waals surface area (Å²) < 4.78 is 5.27. The second kappa shape index (κ2) is 5.78. The van der Waals surface area contributed by atoms with Gasteiger partial charge in [-0.2, -0.15) is 0 Å². The summed E-state index contributed by atoms with van der Waals surface area (Å²) >= 11 is 0. The van der Waals surface area contributed by atoms with E-state index in [1.54, 1.807) is 6.26 Å². The normalized spacial score (nSPS) is 26.9. The first-order chi connectivity index (χ1) is 9.16. The van der Waals surface area contributed by atoms with Crippen LogP contribution in [0.5, 0.6) is 0 Å². The monoisotopic (exact) mass is 298 g/mol. The molecule has 0 aromatic carbocycles. The molecule has 5 heteroatoms. The lowest BCUT2D eigenvalue weighted by atomic mass is 9.85. The molecule has 20 heavy (non-hydrogen) atoms. The van der Waals surface area contributed by atoms with Gasteiger partial charge in [0.1, 0.15) is 5.76 Å². The van der Waals surface area contributed by atoms with E-state index in [2.05, 4.69) is 17.6 Å².